The van der Waals surface area contributed by atoms with E-state index in [2.05, 4.69) is 15.3 Å². The number of nitrogens with one attached hydrogen (secondary N) is 1. The van der Waals surface area contributed by atoms with Gasteiger partial charge in [-0.15, -0.1) is 0 Å². The summed E-state index contributed by atoms with van der Waals surface area (Å²) in [4.78, 5) is 21.3. The molecular formula is C21H22F3N5O. The van der Waals surface area contributed by atoms with Crippen molar-refractivity contribution in [3.05, 3.63) is 63.6 Å². The van der Waals surface area contributed by atoms with Crippen molar-refractivity contribution in [1.29, 1.82) is 0 Å². The van der Waals surface area contributed by atoms with E-state index in [1.54, 1.807) is 24.7 Å². The van der Waals surface area contributed by atoms with Gasteiger partial charge in [-0.25, -0.2) is 27.8 Å². The number of anilines is 1. The highest BCUT2D eigenvalue weighted by Crippen LogP contribution is 2.30. The van der Waals surface area contributed by atoms with Crippen LogP contribution in [-0.2, 0) is 0 Å². The maximum absolute atomic E-state index is 14.6. The van der Waals surface area contributed by atoms with Crippen LogP contribution in [0.2, 0.25) is 0 Å². The fourth-order valence-corrected chi connectivity index (χ4v) is 3.81. The number of aryl methyl sites for hydroxylation is 1. The van der Waals surface area contributed by atoms with Crippen molar-refractivity contribution in [2.75, 3.05) is 23.4 Å². The molecule has 0 bridgehead atoms. The molecule has 30 heavy (non-hydrogen) atoms. The predicted molar refractivity (Wildman–Crippen MR) is 109 cm³/mol. The fraction of sp³-hybridized carbons (Fsp3) is 0.381. The van der Waals surface area contributed by atoms with E-state index in [0.29, 0.717) is 22.5 Å². The third-order valence-electron chi connectivity index (χ3n) is 5.32. The second kappa shape index (κ2) is 7.97. The lowest BCUT2D eigenvalue weighted by Crippen LogP contribution is -2.39. The average molecular weight is 417 g/mol. The Morgan fingerprint density at radius 1 is 1.13 bits per heavy atom. The zero-order chi connectivity index (χ0) is 21.4. The van der Waals surface area contributed by atoms with Gasteiger partial charge in [0.15, 0.2) is 0 Å². The number of alkyl halides is 2. The zero-order valence-corrected chi connectivity index (χ0v) is 16.7. The molecule has 1 fully saturated rings. The Hall–Kier alpha value is -3.10. The molecule has 1 atom stereocenters. The predicted octanol–water partition coefficient (Wildman–Crippen LogP) is 4.08. The highest BCUT2D eigenvalue weighted by atomic mass is 19.3. The lowest BCUT2D eigenvalue weighted by molar-refractivity contribution is 0.146. The minimum Gasteiger partial charge on any atom is -0.363 e. The molecule has 6 nitrogen and oxygen atoms in total. The van der Waals surface area contributed by atoms with Gasteiger partial charge in [0.2, 0.25) is 0 Å². The summed E-state index contributed by atoms with van der Waals surface area (Å²) < 4.78 is 42.3. The molecule has 2 aromatic heterocycles. The number of nitrogens with zero attached hydrogens (tertiary/aromatic N) is 4. The summed E-state index contributed by atoms with van der Waals surface area (Å²) in [5.74, 6) is -0.0753. The lowest BCUT2D eigenvalue weighted by atomic mass is 10.0. The van der Waals surface area contributed by atoms with Gasteiger partial charge in [-0.1, -0.05) is 18.2 Å². The molecule has 1 aromatic carbocycles. The van der Waals surface area contributed by atoms with Gasteiger partial charge in [-0.3, -0.25) is 4.79 Å². The number of rotatable bonds is 5. The van der Waals surface area contributed by atoms with Crippen LogP contribution in [0.4, 0.5) is 19.0 Å². The molecule has 9 heteroatoms. The molecule has 1 aliphatic rings. The van der Waals surface area contributed by atoms with Crippen molar-refractivity contribution in [1.82, 2.24) is 14.6 Å². The Balaban J connectivity index is 1.76. The van der Waals surface area contributed by atoms with Crippen molar-refractivity contribution in [2.24, 2.45) is 0 Å². The molecule has 158 valence electrons. The second-order valence-electron chi connectivity index (χ2n) is 7.45. The normalized spacial score (nSPS) is 15.2. The van der Waals surface area contributed by atoms with Crippen LogP contribution >= 0.6 is 0 Å². The molecule has 3 aromatic rings. The van der Waals surface area contributed by atoms with Gasteiger partial charge in [-0.05, 0) is 26.7 Å². The summed E-state index contributed by atoms with van der Waals surface area (Å²) in [6, 6.07) is 4.78. The maximum Gasteiger partial charge on any atom is 0.271 e. The molecule has 1 N–H and O–H groups in total. The third kappa shape index (κ3) is 3.71. The Kier molecular flexibility index (Phi) is 5.36. The molecule has 0 amide bonds. The zero-order valence-electron chi connectivity index (χ0n) is 16.7. The van der Waals surface area contributed by atoms with Gasteiger partial charge < -0.3 is 10.3 Å². The number of hydrogen-bond donors (Lipinski definition) is 1. The van der Waals surface area contributed by atoms with E-state index in [-0.39, 0.29) is 11.1 Å². The SMILES string of the molecule is Cc1nc(N[C@H](C)c2cccc(C(F)F)c2F)c2cn(N3CCCC3)c(=O)cc2n1. The van der Waals surface area contributed by atoms with E-state index in [1.165, 1.54) is 18.2 Å². The Morgan fingerprint density at radius 2 is 1.83 bits per heavy atom. The highest BCUT2D eigenvalue weighted by molar-refractivity contribution is 5.88. The quantitative estimate of drug-likeness (QED) is 0.678. The van der Waals surface area contributed by atoms with Crippen molar-refractivity contribution in [3.8, 4) is 0 Å². The first-order chi connectivity index (χ1) is 14.3. The van der Waals surface area contributed by atoms with Gasteiger partial charge >= 0.3 is 0 Å². The van der Waals surface area contributed by atoms with Crippen LogP contribution in [0.25, 0.3) is 10.9 Å². The van der Waals surface area contributed by atoms with Crippen LogP contribution in [0.5, 0.6) is 0 Å². The van der Waals surface area contributed by atoms with Crippen LogP contribution in [0.1, 0.15) is 49.2 Å². The van der Waals surface area contributed by atoms with E-state index >= 15 is 0 Å². The molecule has 0 spiro atoms. The Morgan fingerprint density at radius 3 is 2.53 bits per heavy atom. The average Bonchev–Trinajstić information content (AvgIpc) is 3.21. The standard InChI is InChI=1S/C21H22F3N5O/c1-12(14-6-5-7-15(19(14)22)20(23)24)25-21-16-11-29(28-8-3-4-9-28)18(30)10-17(16)26-13(2)27-21/h5-7,10-12,20H,3-4,8-9H2,1-2H3,(H,25,26,27)/t12-/m1/s1. The molecule has 1 aliphatic heterocycles. The monoisotopic (exact) mass is 417 g/mol. The fourth-order valence-electron chi connectivity index (χ4n) is 3.81. The summed E-state index contributed by atoms with van der Waals surface area (Å²) in [7, 11) is 0. The number of halogens is 3. The maximum atomic E-state index is 14.6. The molecule has 1 saturated heterocycles. The number of pyridine rings is 1. The molecule has 0 saturated carbocycles. The van der Waals surface area contributed by atoms with E-state index < -0.39 is 23.8 Å². The Labute approximate surface area is 171 Å². The van der Waals surface area contributed by atoms with E-state index in [9.17, 15) is 18.0 Å². The largest absolute Gasteiger partial charge is 0.363 e. The molecule has 0 unspecified atom stereocenters. The number of benzene rings is 1. The van der Waals surface area contributed by atoms with Gasteiger partial charge in [0.1, 0.15) is 17.5 Å². The number of fused-ring (bicyclic) bond motifs is 1. The first-order valence-electron chi connectivity index (χ1n) is 9.84. The van der Waals surface area contributed by atoms with Crippen molar-refractivity contribution < 1.29 is 13.2 Å². The Bertz CT molecular complexity index is 1140. The summed E-state index contributed by atoms with van der Waals surface area (Å²) >= 11 is 0. The van der Waals surface area contributed by atoms with Crippen molar-refractivity contribution >= 4 is 16.7 Å². The first kappa shape index (κ1) is 20.2. The van der Waals surface area contributed by atoms with Gasteiger partial charge in [0.05, 0.1) is 22.5 Å². The molecular weight excluding hydrogens is 395 g/mol. The van der Waals surface area contributed by atoms with Crippen LogP contribution in [-0.4, -0.2) is 27.7 Å². The molecule has 3 heterocycles. The first-order valence-corrected chi connectivity index (χ1v) is 9.84. The number of hydrogen-bond acceptors (Lipinski definition) is 5. The molecule has 0 radical (unpaired) electrons. The topological polar surface area (TPSA) is 63.1 Å². The molecule has 4 rings (SSSR count). The van der Waals surface area contributed by atoms with E-state index in [4.69, 9.17) is 0 Å². The number of aromatic nitrogens is 3. The third-order valence-corrected chi connectivity index (χ3v) is 5.32. The van der Waals surface area contributed by atoms with Gasteiger partial charge in [0, 0.05) is 30.9 Å². The minimum atomic E-state index is -2.89. The van der Waals surface area contributed by atoms with Crippen LogP contribution in [0.15, 0.2) is 35.3 Å². The second-order valence-corrected chi connectivity index (χ2v) is 7.45. The molecule has 0 aliphatic carbocycles. The van der Waals surface area contributed by atoms with Crippen LogP contribution < -0.4 is 15.9 Å². The van der Waals surface area contributed by atoms with Crippen molar-refractivity contribution in [3.63, 3.8) is 0 Å². The van der Waals surface area contributed by atoms with Gasteiger partial charge in [-0.2, -0.15) is 0 Å². The smallest absolute Gasteiger partial charge is 0.271 e. The summed E-state index contributed by atoms with van der Waals surface area (Å²) in [6.07, 6.45) is 0.811. The lowest BCUT2D eigenvalue weighted by Gasteiger charge is -2.22. The summed E-state index contributed by atoms with van der Waals surface area (Å²) in [5.41, 5.74) is -0.227. The minimum absolute atomic E-state index is 0.116. The summed E-state index contributed by atoms with van der Waals surface area (Å²) in [6.45, 7) is 4.93. The van der Waals surface area contributed by atoms with Crippen LogP contribution in [0.3, 0.4) is 0 Å². The van der Waals surface area contributed by atoms with Gasteiger partial charge in [0.25, 0.3) is 12.0 Å². The highest BCUT2D eigenvalue weighted by Gasteiger charge is 2.21. The van der Waals surface area contributed by atoms with Crippen LogP contribution in [0, 0.1) is 12.7 Å². The van der Waals surface area contributed by atoms with Crippen molar-refractivity contribution in [2.45, 2.75) is 39.2 Å². The van der Waals surface area contributed by atoms with E-state index in [0.717, 1.165) is 32.0 Å². The summed E-state index contributed by atoms with van der Waals surface area (Å²) in [5, 5.41) is 5.68. The van der Waals surface area contributed by atoms with E-state index in [1.807, 2.05) is 5.01 Å².